The second kappa shape index (κ2) is 51.2. The van der Waals surface area contributed by atoms with Crippen molar-refractivity contribution in [3.8, 4) is 0 Å². The molecule has 0 aromatic rings. The molecular weight excluding hydrogens is 904 g/mol. The molecule has 3 atom stereocenters. The summed E-state index contributed by atoms with van der Waals surface area (Å²) in [4.78, 5) is 48.3. The van der Waals surface area contributed by atoms with Gasteiger partial charge in [0.05, 0.1) is 19.8 Å². The lowest BCUT2D eigenvalue weighted by atomic mass is 10.1. The molecule has 0 fully saturated rings. The zero-order valence-electron chi connectivity index (χ0n) is 43.4. The molecule has 11 nitrogen and oxygen atoms in total. The largest absolute Gasteiger partial charge is 0.472 e. The van der Waals surface area contributed by atoms with Crippen molar-refractivity contribution in [1.29, 1.82) is 0 Å². The zero-order chi connectivity index (χ0) is 51.3. The third-order valence-electron chi connectivity index (χ3n) is 10.3. The van der Waals surface area contributed by atoms with Gasteiger partial charge in [-0.15, -0.1) is 0 Å². The van der Waals surface area contributed by atoms with Crippen molar-refractivity contribution in [2.75, 3.05) is 26.4 Å². The normalized spacial score (nSPS) is 14.4. The summed E-state index contributed by atoms with van der Waals surface area (Å²) in [6, 6.07) is 0. The van der Waals surface area contributed by atoms with Gasteiger partial charge in [-0.25, -0.2) is 4.57 Å². The van der Waals surface area contributed by atoms with E-state index >= 15 is 0 Å². The molecule has 0 amide bonds. The number of phosphoric acid groups is 1. The van der Waals surface area contributed by atoms with Gasteiger partial charge >= 0.3 is 25.7 Å². The first-order chi connectivity index (χ1) is 34.2. The van der Waals surface area contributed by atoms with Crippen LogP contribution in [0.15, 0.2) is 122 Å². The van der Waals surface area contributed by atoms with Crippen molar-refractivity contribution < 1.29 is 52.2 Å². The van der Waals surface area contributed by atoms with Crippen LogP contribution in [0.1, 0.15) is 188 Å². The van der Waals surface area contributed by atoms with Crippen LogP contribution in [0.2, 0.25) is 0 Å². The summed E-state index contributed by atoms with van der Waals surface area (Å²) >= 11 is 0. The highest BCUT2D eigenvalue weighted by molar-refractivity contribution is 7.47. The molecule has 3 unspecified atom stereocenters. The van der Waals surface area contributed by atoms with Gasteiger partial charge in [-0.1, -0.05) is 168 Å². The Labute approximate surface area is 424 Å². The number of allylic oxidation sites excluding steroid dienone is 20. The van der Waals surface area contributed by atoms with E-state index in [9.17, 15) is 28.9 Å². The van der Waals surface area contributed by atoms with Crippen molar-refractivity contribution in [2.45, 2.75) is 200 Å². The number of unbranched alkanes of at least 4 members (excludes halogenated alkanes) is 10. The number of aliphatic hydroxyl groups is 1. The van der Waals surface area contributed by atoms with Crippen LogP contribution in [0.5, 0.6) is 0 Å². The molecule has 70 heavy (non-hydrogen) atoms. The van der Waals surface area contributed by atoms with E-state index in [1.165, 1.54) is 0 Å². The van der Waals surface area contributed by atoms with E-state index in [4.69, 9.17) is 23.3 Å². The predicted octanol–water partition coefficient (Wildman–Crippen LogP) is 15.2. The van der Waals surface area contributed by atoms with Gasteiger partial charge in [0.2, 0.25) is 0 Å². The molecular formula is C58H93O11P. The maximum atomic E-state index is 12.9. The number of phosphoric ester groups is 1. The minimum Gasteiger partial charge on any atom is -0.462 e. The summed E-state index contributed by atoms with van der Waals surface area (Å²) in [6.07, 6.45) is 61.7. The molecule has 0 saturated heterocycles. The lowest BCUT2D eigenvalue weighted by molar-refractivity contribution is -0.161. The lowest BCUT2D eigenvalue weighted by Gasteiger charge is -2.21. The quantitative estimate of drug-likeness (QED) is 0.0197. The van der Waals surface area contributed by atoms with Gasteiger partial charge in [-0.05, 0) is 122 Å². The molecule has 0 aromatic heterocycles. The molecule has 0 heterocycles. The fraction of sp³-hybridized carbons (Fsp3) is 0.603. The minimum absolute atomic E-state index is 0.102. The molecule has 0 aliphatic heterocycles. The van der Waals surface area contributed by atoms with Gasteiger partial charge in [0.15, 0.2) is 6.10 Å². The monoisotopic (exact) mass is 997 g/mol. The predicted molar refractivity (Wildman–Crippen MR) is 288 cm³/mol. The number of hydrogen-bond acceptors (Lipinski definition) is 10. The van der Waals surface area contributed by atoms with Gasteiger partial charge in [-0.3, -0.25) is 23.4 Å². The topological polar surface area (TPSA) is 155 Å². The van der Waals surface area contributed by atoms with Crippen LogP contribution in [-0.4, -0.2) is 66.5 Å². The Morgan fingerprint density at radius 3 is 1.17 bits per heavy atom. The van der Waals surface area contributed by atoms with Crippen LogP contribution < -0.4 is 0 Å². The standard InChI is InChI=1S/C58H93O11P/c1-4-7-10-13-16-19-22-25-27-30-33-36-39-42-45-48-57(61)68-54(50-59)52-66-70(63,64)67-53-55(51-65-56(60)47-44-41-38-35-32-29-24-21-18-15-12-9-6-3)69-58(62)49-46-43-40-37-34-31-28-26-23-20-17-14-11-8-5-2/h7-8,10-12,15-17,19-21,24-28,33-34,36-37,54-55,59H,4-6,9,13-14,18,22-23,29-32,35,38-53H2,1-3H3,(H,63,64)/b10-7-,11-8-,15-12-,19-16-,20-17-,24-21-,27-25-,28-26-,36-33-,37-34-. The lowest BCUT2D eigenvalue weighted by Crippen LogP contribution is -2.30. The molecule has 0 aromatic carbocycles. The molecule has 2 N–H and O–H groups in total. The first kappa shape index (κ1) is 65.9. The summed E-state index contributed by atoms with van der Waals surface area (Å²) in [5.74, 6) is -1.59. The first-order valence-electron chi connectivity index (χ1n) is 26.4. The molecule has 396 valence electrons. The van der Waals surface area contributed by atoms with E-state index in [0.29, 0.717) is 19.3 Å². The zero-order valence-corrected chi connectivity index (χ0v) is 44.3. The van der Waals surface area contributed by atoms with Gasteiger partial charge in [0.25, 0.3) is 0 Å². The van der Waals surface area contributed by atoms with Crippen LogP contribution in [0.25, 0.3) is 0 Å². The van der Waals surface area contributed by atoms with E-state index in [1.807, 2.05) is 0 Å². The maximum Gasteiger partial charge on any atom is 0.472 e. The van der Waals surface area contributed by atoms with Crippen LogP contribution in [0.4, 0.5) is 0 Å². The van der Waals surface area contributed by atoms with Gasteiger partial charge in [0, 0.05) is 19.3 Å². The fourth-order valence-corrected chi connectivity index (χ4v) is 7.16. The molecule has 0 aliphatic rings. The number of carbonyl (C=O) groups is 3. The highest BCUT2D eigenvalue weighted by Crippen LogP contribution is 2.43. The van der Waals surface area contributed by atoms with E-state index < -0.39 is 57.8 Å². The minimum atomic E-state index is -4.78. The Kier molecular flexibility index (Phi) is 48.2. The molecule has 0 saturated carbocycles. The van der Waals surface area contributed by atoms with E-state index in [0.717, 1.165) is 128 Å². The van der Waals surface area contributed by atoms with Crippen molar-refractivity contribution in [3.63, 3.8) is 0 Å². The van der Waals surface area contributed by atoms with E-state index in [-0.39, 0.29) is 25.9 Å². The summed E-state index contributed by atoms with van der Waals surface area (Å²) in [6.45, 7) is 4.20. The number of hydrogen-bond donors (Lipinski definition) is 2. The van der Waals surface area contributed by atoms with Crippen molar-refractivity contribution in [2.24, 2.45) is 0 Å². The van der Waals surface area contributed by atoms with Crippen LogP contribution in [0, 0.1) is 0 Å². The molecule has 0 rings (SSSR count). The second-order valence-corrected chi connectivity index (χ2v) is 18.4. The Morgan fingerprint density at radius 1 is 0.414 bits per heavy atom. The second-order valence-electron chi connectivity index (χ2n) is 16.9. The summed E-state index contributed by atoms with van der Waals surface area (Å²) in [5.41, 5.74) is 0. The third-order valence-corrected chi connectivity index (χ3v) is 11.3. The number of carbonyl (C=O) groups excluding carboxylic acids is 3. The van der Waals surface area contributed by atoms with Gasteiger partial charge < -0.3 is 24.2 Å². The van der Waals surface area contributed by atoms with Crippen molar-refractivity contribution >= 4 is 25.7 Å². The van der Waals surface area contributed by atoms with Crippen LogP contribution >= 0.6 is 7.82 Å². The highest BCUT2D eigenvalue weighted by Gasteiger charge is 2.28. The summed E-state index contributed by atoms with van der Waals surface area (Å²) < 4.78 is 39.3. The molecule has 0 bridgehead atoms. The number of rotatable bonds is 47. The summed E-state index contributed by atoms with van der Waals surface area (Å²) in [5, 5.41) is 9.78. The Morgan fingerprint density at radius 2 is 0.743 bits per heavy atom. The van der Waals surface area contributed by atoms with Gasteiger partial charge in [-0.2, -0.15) is 0 Å². The SMILES string of the molecule is CC/C=C\C/C=C\C/C=C\C/C=C\CCCCC(=O)OC(CO)COP(=O)(O)OCC(COC(=O)CCCCCCC/C=C\C/C=C\CCC)OC(=O)CCCC/C=C\C/C=C\C/C=C\C/C=C\CC. The fourth-order valence-electron chi connectivity index (χ4n) is 6.37. The molecule has 12 heteroatoms. The van der Waals surface area contributed by atoms with E-state index in [1.54, 1.807) is 0 Å². The number of esters is 3. The average molecular weight is 997 g/mol. The van der Waals surface area contributed by atoms with E-state index in [2.05, 4.69) is 142 Å². The molecule has 0 aliphatic carbocycles. The Bertz CT molecular complexity index is 1630. The average Bonchev–Trinajstić information content (AvgIpc) is 3.35. The van der Waals surface area contributed by atoms with Crippen LogP contribution in [0.3, 0.4) is 0 Å². The molecule has 0 spiro atoms. The highest BCUT2D eigenvalue weighted by atomic mass is 31.2. The van der Waals surface area contributed by atoms with Crippen LogP contribution in [-0.2, 0) is 42.2 Å². The van der Waals surface area contributed by atoms with Crippen molar-refractivity contribution in [1.82, 2.24) is 0 Å². The first-order valence-corrected chi connectivity index (χ1v) is 27.9. The summed E-state index contributed by atoms with van der Waals surface area (Å²) in [7, 11) is -4.78. The van der Waals surface area contributed by atoms with Crippen molar-refractivity contribution in [3.05, 3.63) is 122 Å². The Balaban J connectivity index is 4.87. The third kappa shape index (κ3) is 48.9. The number of ether oxygens (including phenoxy) is 3. The smallest absolute Gasteiger partial charge is 0.462 e. The Hall–Kier alpha value is -4.12. The maximum absolute atomic E-state index is 12.9. The molecule has 0 radical (unpaired) electrons. The van der Waals surface area contributed by atoms with Gasteiger partial charge in [0.1, 0.15) is 12.7 Å². The number of aliphatic hydroxyl groups excluding tert-OH is 1.